The number of nitrogens with one attached hydrogen (secondary N) is 2. The Morgan fingerprint density at radius 3 is 2.70 bits per heavy atom. The lowest BCUT2D eigenvalue weighted by Crippen LogP contribution is -2.54. The van der Waals surface area contributed by atoms with Gasteiger partial charge in [0.05, 0.1) is 51.4 Å². The molecule has 14 heteroatoms. The number of amides is 3. The molecule has 1 aliphatic rings. The highest BCUT2D eigenvalue weighted by molar-refractivity contribution is 7.89. The first-order valence-electron chi connectivity index (χ1n) is 14.4. The summed E-state index contributed by atoms with van der Waals surface area (Å²) in [5, 5.41) is 17.3. The number of hydrogen-bond donors (Lipinski definition) is 3. The Bertz CT molecular complexity index is 1660. The Hall–Kier alpha value is -3.43. The molecule has 1 unspecified atom stereocenters. The molecule has 2 aromatic carbocycles. The molecule has 2 aromatic heterocycles. The summed E-state index contributed by atoms with van der Waals surface area (Å²) < 4.78 is 30.0. The minimum atomic E-state index is -3.99. The van der Waals surface area contributed by atoms with Gasteiger partial charge in [0.25, 0.3) is 0 Å². The van der Waals surface area contributed by atoms with Crippen molar-refractivity contribution in [2.24, 2.45) is 5.92 Å². The van der Waals surface area contributed by atoms with Crippen LogP contribution in [0.3, 0.4) is 0 Å². The van der Waals surface area contributed by atoms with Gasteiger partial charge in [-0.2, -0.15) is 4.31 Å². The molecule has 0 aliphatic carbocycles. The van der Waals surface area contributed by atoms with Crippen LogP contribution in [0.25, 0.3) is 10.2 Å². The number of nitrogens with zero attached hydrogens (tertiary/aromatic N) is 4. The third-order valence-electron chi connectivity index (χ3n) is 7.77. The molecule has 4 atom stereocenters. The maximum Gasteiger partial charge on any atom is 0.318 e. The van der Waals surface area contributed by atoms with Gasteiger partial charge in [-0.1, -0.05) is 50.6 Å². The second-order valence-corrected chi connectivity index (χ2v) is 14.8. The molecule has 3 amide bonds. The minimum Gasteiger partial charge on any atom is -0.390 e. The van der Waals surface area contributed by atoms with Crippen LogP contribution in [-0.4, -0.2) is 82.5 Å². The van der Waals surface area contributed by atoms with Crippen LogP contribution in [0.15, 0.2) is 70.6 Å². The van der Waals surface area contributed by atoms with Crippen molar-refractivity contribution >= 4 is 54.9 Å². The fourth-order valence-electron chi connectivity index (χ4n) is 5.05. The van der Waals surface area contributed by atoms with Crippen molar-refractivity contribution in [2.75, 3.05) is 19.6 Å². The Morgan fingerprint density at radius 1 is 1.18 bits per heavy atom. The summed E-state index contributed by atoms with van der Waals surface area (Å²) in [5.41, 5.74) is 4.94. The Labute approximate surface area is 265 Å². The first kappa shape index (κ1) is 32.0. The van der Waals surface area contributed by atoms with Crippen LogP contribution in [0.2, 0.25) is 0 Å². The highest BCUT2D eigenvalue weighted by Gasteiger charge is 2.37. The second-order valence-electron chi connectivity index (χ2n) is 11.0. The van der Waals surface area contributed by atoms with Gasteiger partial charge < -0.3 is 20.6 Å². The molecule has 0 saturated carbocycles. The number of sulfonamides is 1. The summed E-state index contributed by atoms with van der Waals surface area (Å²) in [5.74, 6) is -0.415. The highest BCUT2D eigenvalue weighted by Crippen LogP contribution is 2.26. The zero-order valence-electron chi connectivity index (χ0n) is 24.5. The largest absolute Gasteiger partial charge is 0.390 e. The Kier molecular flexibility index (Phi) is 10.3. The number of hydrogen-bond acceptors (Lipinski definition) is 9. The molecule has 44 heavy (non-hydrogen) atoms. The van der Waals surface area contributed by atoms with Gasteiger partial charge in [-0.25, -0.2) is 18.2 Å². The van der Waals surface area contributed by atoms with Gasteiger partial charge >= 0.3 is 6.03 Å². The van der Waals surface area contributed by atoms with Gasteiger partial charge in [0.15, 0.2) is 0 Å². The Balaban J connectivity index is 1.35. The molecule has 11 nitrogen and oxygen atoms in total. The fourth-order valence-corrected chi connectivity index (χ4v) is 8.05. The number of aliphatic hydroxyl groups is 1. The summed E-state index contributed by atoms with van der Waals surface area (Å²) in [7, 11) is -3.99. The molecule has 0 spiro atoms. The van der Waals surface area contributed by atoms with Crippen molar-refractivity contribution in [3.63, 3.8) is 0 Å². The average Bonchev–Trinajstić information content (AvgIpc) is 3.78. The van der Waals surface area contributed by atoms with Crippen molar-refractivity contribution < 1.29 is 23.1 Å². The van der Waals surface area contributed by atoms with E-state index in [-0.39, 0.29) is 42.9 Å². The maximum absolute atomic E-state index is 14.0. The number of thiazole rings is 2. The van der Waals surface area contributed by atoms with E-state index in [1.54, 1.807) is 34.3 Å². The zero-order valence-corrected chi connectivity index (χ0v) is 26.9. The monoisotopic (exact) mass is 656 g/mol. The molecule has 0 radical (unpaired) electrons. The van der Waals surface area contributed by atoms with Crippen molar-refractivity contribution in [1.29, 1.82) is 0 Å². The molecule has 0 bridgehead atoms. The minimum absolute atomic E-state index is 0.0319. The molecule has 3 heterocycles. The fraction of sp³-hybridized carbons (Fsp3) is 0.400. The second kappa shape index (κ2) is 14.1. The van der Waals surface area contributed by atoms with E-state index in [1.165, 1.54) is 33.0 Å². The number of carbonyl (C=O) groups excluding carboxylic acids is 2. The molecular formula is C30H36N6O5S3. The summed E-state index contributed by atoms with van der Waals surface area (Å²) in [6.45, 7) is 4.43. The number of benzene rings is 2. The highest BCUT2D eigenvalue weighted by atomic mass is 32.2. The van der Waals surface area contributed by atoms with E-state index < -0.39 is 34.1 Å². The van der Waals surface area contributed by atoms with E-state index in [0.29, 0.717) is 6.54 Å². The number of aromatic nitrogens is 2. The van der Waals surface area contributed by atoms with Crippen LogP contribution in [0.4, 0.5) is 4.79 Å². The standard InChI is InChI=1S/C30H36N6O5S3/c1-3-20(2)14-36(44(40,41)23-9-10-24-28(12-23)43-19-32-24)17-27(37)25(11-21-7-5-4-6-8-21)33-29(38)26-16-35(30(39)34-26)15-22-13-31-18-42-22/h4-10,12-13,18-20,25-27,37H,3,11,14-17H2,1-2H3,(H,33,38)(H,34,39)/t20?,25-,26-,27+/m0/s1. The first-order valence-corrected chi connectivity index (χ1v) is 17.6. The van der Waals surface area contributed by atoms with E-state index >= 15 is 0 Å². The van der Waals surface area contributed by atoms with Crippen LogP contribution in [0.5, 0.6) is 0 Å². The van der Waals surface area contributed by atoms with Gasteiger partial charge in [0.2, 0.25) is 15.9 Å². The summed E-state index contributed by atoms with van der Waals surface area (Å²) in [6, 6.07) is 12.2. The predicted molar refractivity (Wildman–Crippen MR) is 171 cm³/mol. The van der Waals surface area contributed by atoms with Crippen LogP contribution in [-0.2, 0) is 27.8 Å². The number of urea groups is 1. The van der Waals surface area contributed by atoms with Gasteiger partial charge in [-0.15, -0.1) is 22.7 Å². The molecule has 5 rings (SSSR count). The molecule has 1 fully saturated rings. The number of rotatable bonds is 14. The third kappa shape index (κ3) is 7.61. The van der Waals surface area contributed by atoms with Crippen molar-refractivity contribution in [3.05, 3.63) is 76.2 Å². The smallest absolute Gasteiger partial charge is 0.318 e. The summed E-state index contributed by atoms with van der Waals surface area (Å²) >= 11 is 2.79. The quantitative estimate of drug-likeness (QED) is 0.189. The lowest BCUT2D eigenvalue weighted by Gasteiger charge is -2.31. The third-order valence-corrected chi connectivity index (χ3v) is 11.2. The molecule has 234 valence electrons. The topological polar surface area (TPSA) is 145 Å². The van der Waals surface area contributed by atoms with E-state index in [1.807, 2.05) is 44.2 Å². The predicted octanol–water partition coefficient (Wildman–Crippen LogP) is 3.47. The average molecular weight is 657 g/mol. The molecule has 1 aliphatic heterocycles. The molecule has 4 aromatic rings. The van der Waals surface area contributed by atoms with Gasteiger partial charge in [0.1, 0.15) is 6.04 Å². The number of fused-ring (bicyclic) bond motifs is 1. The molecule has 3 N–H and O–H groups in total. The summed E-state index contributed by atoms with van der Waals surface area (Å²) in [4.78, 5) is 36.9. The van der Waals surface area contributed by atoms with E-state index in [2.05, 4.69) is 20.6 Å². The van der Waals surface area contributed by atoms with E-state index in [9.17, 15) is 23.1 Å². The lowest BCUT2D eigenvalue weighted by molar-refractivity contribution is -0.124. The SMILES string of the molecule is CCC(C)CN(C[C@@H](O)[C@H](Cc1ccccc1)NC(=O)[C@@H]1CN(Cc2cncs2)C(=O)N1)S(=O)(=O)c1ccc2ncsc2c1. The Morgan fingerprint density at radius 2 is 1.98 bits per heavy atom. The van der Waals surface area contributed by atoms with Gasteiger partial charge in [0, 0.05) is 24.2 Å². The normalized spacial score (nSPS) is 17.5. The number of carbonyl (C=O) groups is 2. The first-order chi connectivity index (χ1) is 21.1. The maximum atomic E-state index is 14.0. The van der Waals surface area contributed by atoms with Crippen molar-refractivity contribution in [3.8, 4) is 0 Å². The molecular weight excluding hydrogens is 621 g/mol. The van der Waals surface area contributed by atoms with Crippen LogP contribution in [0.1, 0.15) is 30.7 Å². The van der Waals surface area contributed by atoms with Gasteiger partial charge in [-0.3, -0.25) is 9.78 Å². The lowest BCUT2D eigenvalue weighted by atomic mass is 10.00. The molecule has 1 saturated heterocycles. The van der Waals surface area contributed by atoms with E-state index in [0.717, 1.165) is 27.1 Å². The number of aliphatic hydroxyl groups excluding tert-OH is 1. The zero-order chi connectivity index (χ0) is 31.3. The van der Waals surface area contributed by atoms with Crippen molar-refractivity contribution in [1.82, 2.24) is 29.8 Å². The van der Waals surface area contributed by atoms with E-state index in [4.69, 9.17) is 0 Å². The van der Waals surface area contributed by atoms with Crippen LogP contribution < -0.4 is 10.6 Å². The van der Waals surface area contributed by atoms with Crippen LogP contribution in [0, 0.1) is 5.92 Å². The van der Waals surface area contributed by atoms with Gasteiger partial charge in [-0.05, 0) is 36.1 Å². The van der Waals surface area contributed by atoms with Crippen LogP contribution >= 0.6 is 22.7 Å². The van der Waals surface area contributed by atoms with Crippen molar-refractivity contribution in [2.45, 2.75) is 56.3 Å². The summed E-state index contributed by atoms with van der Waals surface area (Å²) in [6.07, 6.45) is 1.46.